The van der Waals surface area contributed by atoms with Crippen LogP contribution < -0.4 is 5.73 Å². The number of amides is 1. The molecule has 0 radical (unpaired) electrons. The van der Waals surface area contributed by atoms with Crippen LogP contribution in [0.2, 0.25) is 0 Å². The van der Waals surface area contributed by atoms with Crippen molar-refractivity contribution in [1.82, 2.24) is 9.80 Å². The maximum atomic E-state index is 12.7. The van der Waals surface area contributed by atoms with E-state index in [0.29, 0.717) is 5.69 Å². The van der Waals surface area contributed by atoms with Gasteiger partial charge in [-0.2, -0.15) is 0 Å². The van der Waals surface area contributed by atoms with Crippen molar-refractivity contribution < 1.29 is 4.79 Å². The van der Waals surface area contributed by atoms with Gasteiger partial charge in [0, 0.05) is 44.0 Å². The zero-order chi connectivity index (χ0) is 17.2. The van der Waals surface area contributed by atoms with Crippen molar-refractivity contribution in [2.24, 2.45) is 0 Å². The van der Waals surface area contributed by atoms with Crippen molar-refractivity contribution >= 4 is 11.6 Å². The van der Waals surface area contributed by atoms with E-state index in [2.05, 4.69) is 29.2 Å². The molecule has 0 aromatic heterocycles. The van der Waals surface area contributed by atoms with E-state index < -0.39 is 0 Å². The van der Waals surface area contributed by atoms with Crippen molar-refractivity contribution in [3.63, 3.8) is 0 Å². The summed E-state index contributed by atoms with van der Waals surface area (Å²) in [6, 6.07) is 14.4. The van der Waals surface area contributed by atoms with Crippen LogP contribution in [0.5, 0.6) is 0 Å². The highest BCUT2D eigenvalue weighted by atomic mass is 16.2. The molecule has 2 N–H and O–H groups in total. The Balaban J connectivity index is 1.32. The fourth-order valence-electron chi connectivity index (χ4n) is 3.98. The topological polar surface area (TPSA) is 49.6 Å². The Kier molecular flexibility index (Phi) is 4.45. The first-order valence-electron chi connectivity index (χ1n) is 9.17. The van der Waals surface area contributed by atoms with Gasteiger partial charge in [0.25, 0.3) is 5.91 Å². The van der Waals surface area contributed by atoms with Crippen molar-refractivity contribution in [3.05, 3.63) is 64.7 Å². The third-order valence-corrected chi connectivity index (χ3v) is 5.41. The van der Waals surface area contributed by atoms with Crippen molar-refractivity contribution in [2.75, 3.05) is 31.9 Å². The van der Waals surface area contributed by atoms with E-state index in [1.807, 2.05) is 23.1 Å². The van der Waals surface area contributed by atoms with Crippen LogP contribution in [0, 0.1) is 0 Å². The fraction of sp³-hybridized carbons (Fsp3) is 0.381. The smallest absolute Gasteiger partial charge is 0.254 e. The predicted molar refractivity (Wildman–Crippen MR) is 101 cm³/mol. The molecule has 0 atom stereocenters. The molecule has 2 aliphatic rings. The Bertz CT molecular complexity index is 786. The number of fused-ring (bicyclic) bond motifs is 2. The summed E-state index contributed by atoms with van der Waals surface area (Å²) in [5.74, 6) is 0.137. The van der Waals surface area contributed by atoms with Crippen LogP contribution in [0.4, 0.5) is 5.69 Å². The fourth-order valence-corrected chi connectivity index (χ4v) is 3.98. The van der Waals surface area contributed by atoms with Gasteiger partial charge in [-0.15, -0.1) is 0 Å². The van der Waals surface area contributed by atoms with Gasteiger partial charge in [0.15, 0.2) is 0 Å². The molecule has 2 aromatic rings. The lowest BCUT2D eigenvalue weighted by Crippen LogP contribution is -2.40. The third kappa shape index (κ3) is 3.40. The van der Waals surface area contributed by atoms with Crippen LogP contribution in [0.3, 0.4) is 0 Å². The van der Waals surface area contributed by atoms with E-state index in [0.717, 1.165) is 63.1 Å². The zero-order valence-electron chi connectivity index (χ0n) is 14.6. The summed E-state index contributed by atoms with van der Waals surface area (Å²) in [6.07, 6.45) is 3.08. The Hall–Kier alpha value is -2.33. The van der Waals surface area contributed by atoms with Gasteiger partial charge < -0.3 is 10.6 Å². The monoisotopic (exact) mass is 335 g/mol. The normalized spacial score (nSPS) is 17.3. The van der Waals surface area contributed by atoms with E-state index in [1.54, 1.807) is 0 Å². The lowest BCUT2D eigenvalue weighted by Gasteiger charge is -2.31. The summed E-state index contributed by atoms with van der Waals surface area (Å²) in [4.78, 5) is 17.2. The molecule has 0 bridgehead atoms. The van der Waals surface area contributed by atoms with Crippen LogP contribution in [-0.4, -0.2) is 41.9 Å². The third-order valence-electron chi connectivity index (χ3n) is 5.41. The van der Waals surface area contributed by atoms with Crippen LogP contribution >= 0.6 is 0 Å². The van der Waals surface area contributed by atoms with E-state index in [9.17, 15) is 4.79 Å². The molecule has 4 rings (SSSR count). The molecular formula is C21H25N3O. The van der Waals surface area contributed by atoms with Gasteiger partial charge in [-0.3, -0.25) is 9.69 Å². The summed E-state index contributed by atoms with van der Waals surface area (Å²) in [6.45, 7) is 4.83. The molecule has 25 heavy (non-hydrogen) atoms. The van der Waals surface area contributed by atoms with Gasteiger partial charge in [0.1, 0.15) is 0 Å². The summed E-state index contributed by atoms with van der Waals surface area (Å²) in [5, 5.41) is 0. The molecule has 0 spiro atoms. The zero-order valence-corrected chi connectivity index (χ0v) is 14.6. The Morgan fingerprint density at radius 2 is 1.72 bits per heavy atom. The van der Waals surface area contributed by atoms with Crippen molar-refractivity contribution in [2.45, 2.75) is 25.8 Å². The quantitative estimate of drug-likeness (QED) is 0.874. The number of carbonyl (C=O) groups is 1. The van der Waals surface area contributed by atoms with E-state index in [1.165, 1.54) is 11.1 Å². The lowest BCUT2D eigenvalue weighted by atomic mass is 9.98. The molecule has 0 fully saturated rings. The number of anilines is 1. The maximum Gasteiger partial charge on any atom is 0.254 e. The minimum atomic E-state index is 0.137. The number of hydrogen-bond acceptors (Lipinski definition) is 3. The van der Waals surface area contributed by atoms with Crippen molar-refractivity contribution in [1.29, 1.82) is 0 Å². The van der Waals surface area contributed by atoms with E-state index in [4.69, 9.17) is 5.73 Å². The summed E-state index contributed by atoms with van der Waals surface area (Å²) < 4.78 is 0. The highest BCUT2D eigenvalue weighted by Gasteiger charge is 2.24. The largest absolute Gasteiger partial charge is 0.399 e. The Morgan fingerprint density at radius 1 is 0.920 bits per heavy atom. The second-order valence-electron chi connectivity index (χ2n) is 7.11. The van der Waals surface area contributed by atoms with Crippen LogP contribution in [0.25, 0.3) is 0 Å². The van der Waals surface area contributed by atoms with Gasteiger partial charge >= 0.3 is 0 Å². The van der Waals surface area contributed by atoms with Gasteiger partial charge in [-0.25, -0.2) is 0 Å². The Morgan fingerprint density at radius 3 is 2.60 bits per heavy atom. The van der Waals surface area contributed by atoms with Gasteiger partial charge in [-0.1, -0.05) is 30.3 Å². The molecule has 4 heteroatoms. The standard InChI is InChI=1S/C21H25N3O/c22-19-7-6-17-9-13-24(21(25)20(17)14-19)11-3-10-23-12-8-16-4-1-2-5-18(16)15-23/h1-2,4-7,14H,3,8-13,15,22H2. The molecule has 0 unspecified atom stereocenters. The number of benzene rings is 2. The molecular weight excluding hydrogens is 310 g/mol. The second-order valence-corrected chi connectivity index (χ2v) is 7.11. The first kappa shape index (κ1) is 16.2. The van der Waals surface area contributed by atoms with E-state index in [-0.39, 0.29) is 5.91 Å². The average molecular weight is 335 g/mol. The molecule has 0 saturated heterocycles. The second kappa shape index (κ2) is 6.89. The van der Waals surface area contributed by atoms with Crippen molar-refractivity contribution in [3.8, 4) is 0 Å². The maximum absolute atomic E-state index is 12.7. The number of hydrogen-bond donors (Lipinski definition) is 1. The Labute approximate surface area is 149 Å². The number of nitrogen functional groups attached to an aromatic ring is 1. The summed E-state index contributed by atoms with van der Waals surface area (Å²) >= 11 is 0. The van der Waals surface area contributed by atoms with E-state index >= 15 is 0 Å². The molecule has 1 amide bonds. The molecule has 0 aliphatic carbocycles. The molecule has 0 saturated carbocycles. The SMILES string of the molecule is Nc1ccc2c(c1)C(=O)N(CCCN1CCc3ccccc3C1)CC2. The van der Waals surface area contributed by atoms with Crippen LogP contribution in [0.15, 0.2) is 42.5 Å². The highest BCUT2D eigenvalue weighted by molar-refractivity contribution is 5.97. The lowest BCUT2D eigenvalue weighted by molar-refractivity contribution is 0.0730. The number of nitrogens with two attached hydrogens (primary N) is 1. The molecule has 130 valence electrons. The molecule has 4 nitrogen and oxygen atoms in total. The van der Waals surface area contributed by atoms with Gasteiger partial charge in [0.2, 0.25) is 0 Å². The number of carbonyl (C=O) groups excluding carboxylic acids is 1. The molecule has 2 aromatic carbocycles. The molecule has 2 aliphatic heterocycles. The van der Waals surface area contributed by atoms with Crippen LogP contribution in [-0.2, 0) is 19.4 Å². The summed E-state index contributed by atoms with van der Waals surface area (Å²) in [7, 11) is 0. The number of rotatable bonds is 4. The minimum absolute atomic E-state index is 0.137. The number of nitrogens with zero attached hydrogens (tertiary/aromatic N) is 2. The highest BCUT2D eigenvalue weighted by Crippen LogP contribution is 2.22. The van der Waals surface area contributed by atoms with Crippen LogP contribution in [0.1, 0.15) is 33.5 Å². The average Bonchev–Trinajstić information content (AvgIpc) is 2.64. The van der Waals surface area contributed by atoms with Gasteiger partial charge in [0.05, 0.1) is 0 Å². The summed E-state index contributed by atoms with van der Waals surface area (Å²) in [5.41, 5.74) is 11.4. The predicted octanol–water partition coefficient (Wildman–Crippen LogP) is 2.72. The minimum Gasteiger partial charge on any atom is -0.399 e. The first-order valence-corrected chi connectivity index (χ1v) is 9.17. The van der Waals surface area contributed by atoms with Gasteiger partial charge in [-0.05, 0) is 48.1 Å². The first-order chi connectivity index (χ1) is 12.2. The molecule has 2 heterocycles.